The van der Waals surface area contributed by atoms with E-state index in [0.717, 1.165) is 0 Å². The fourth-order valence-electron chi connectivity index (χ4n) is 2.11. The van der Waals surface area contributed by atoms with Gasteiger partial charge in [-0.3, -0.25) is 0 Å². The largest absolute Gasteiger partial charge is 0.324 e. The smallest absolute Gasteiger partial charge is 0.164 e. The number of rotatable bonds is 3. The third-order valence-corrected chi connectivity index (χ3v) is 2.98. The van der Waals surface area contributed by atoms with Crippen molar-refractivity contribution in [2.75, 3.05) is 0 Å². The first-order chi connectivity index (χ1) is 8.86. The van der Waals surface area contributed by atoms with Crippen LogP contribution in [0.4, 0.5) is 0 Å². The van der Waals surface area contributed by atoms with Crippen LogP contribution in [0.5, 0.6) is 0 Å². The van der Waals surface area contributed by atoms with E-state index in [9.17, 15) is 0 Å². The molecule has 0 aliphatic rings. The summed E-state index contributed by atoms with van der Waals surface area (Å²) in [5.41, 5.74) is 6.75. The first-order valence-corrected chi connectivity index (χ1v) is 5.92. The average molecular weight is 238 g/mol. The first kappa shape index (κ1) is 10.9. The van der Waals surface area contributed by atoms with E-state index in [2.05, 4.69) is 46.5 Å². The second kappa shape index (κ2) is 4.58. The Morgan fingerprint density at radius 1 is 1.06 bits per heavy atom. The Bertz CT molecular complexity index is 667. The number of hydrogen-bond donors (Lipinski definition) is 1. The molecule has 90 valence electrons. The SMILES string of the molecule is NCc1ncn(Cc2cccc3ccccc23)n1. The fourth-order valence-corrected chi connectivity index (χ4v) is 2.11. The van der Waals surface area contributed by atoms with Crippen LogP contribution in [0, 0.1) is 0 Å². The number of nitrogens with two attached hydrogens (primary N) is 1. The Hall–Kier alpha value is -2.20. The Morgan fingerprint density at radius 3 is 2.72 bits per heavy atom. The lowest BCUT2D eigenvalue weighted by molar-refractivity contribution is 0.674. The van der Waals surface area contributed by atoms with Crippen molar-refractivity contribution in [3.8, 4) is 0 Å². The van der Waals surface area contributed by atoms with Crippen LogP contribution in [-0.2, 0) is 13.1 Å². The van der Waals surface area contributed by atoms with Crippen molar-refractivity contribution in [2.45, 2.75) is 13.1 Å². The van der Waals surface area contributed by atoms with Gasteiger partial charge in [0.15, 0.2) is 5.82 Å². The van der Waals surface area contributed by atoms with Gasteiger partial charge in [0, 0.05) is 0 Å². The molecule has 0 fully saturated rings. The number of hydrogen-bond acceptors (Lipinski definition) is 3. The van der Waals surface area contributed by atoms with Crippen LogP contribution >= 0.6 is 0 Å². The lowest BCUT2D eigenvalue weighted by atomic mass is 10.0. The summed E-state index contributed by atoms with van der Waals surface area (Å²) in [6.45, 7) is 1.09. The van der Waals surface area contributed by atoms with Crippen LogP contribution in [0.15, 0.2) is 48.8 Å². The van der Waals surface area contributed by atoms with Gasteiger partial charge in [-0.15, -0.1) is 0 Å². The van der Waals surface area contributed by atoms with Gasteiger partial charge in [-0.25, -0.2) is 9.67 Å². The summed E-state index contributed by atoms with van der Waals surface area (Å²) < 4.78 is 1.82. The molecular formula is C14H14N4. The van der Waals surface area contributed by atoms with Gasteiger partial charge in [0.25, 0.3) is 0 Å². The Kier molecular flexibility index (Phi) is 2.78. The molecule has 0 radical (unpaired) electrons. The first-order valence-electron chi connectivity index (χ1n) is 5.92. The highest BCUT2D eigenvalue weighted by Crippen LogP contribution is 2.18. The van der Waals surface area contributed by atoms with E-state index in [-0.39, 0.29) is 0 Å². The van der Waals surface area contributed by atoms with E-state index in [4.69, 9.17) is 5.73 Å². The maximum Gasteiger partial charge on any atom is 0.164 e. The summed E-state index contributed by atoms with van der Waals surface area (Å²) in [5.74, 6) is 0.676. The quantitative estimate of drug-likeness (QED) is 0.758. The minimum atomic E-state index is 0.378. The van der Waals surface area contributed by atoms with E-state index >= 15 is 0 Å². The van der Waals surface area contributed by atoms with Crippen molar-refractivity contribution < 1.29 is 0 Å². The standard InChI is InChI=1S/C14H14N4/c15-8-14-16-10-18(17-14)9-12-6-3-5-11-4-1-2-7-13(11)12/h1-7,10H,8-9,15H2. The average Bonchev–Trinajstić information content (AvgIpc) is 2.87. The van der Waals surface area contributed by atoms with Crippen LogP contribution in [0.1, 0.15) is 11.4 Å². The number of benzene rings is 2. The molecule has 0 saturated heterocycles. The molecule has 2 aromatic carbocycles. The molecule has 1 heterocycles. The maximum absolute atomic E-state index is 5.51. The molecular weight excluding hydrogens is 224 g/mol. The molecule has 0 spiro atoms. The van der Waals surface area contributed by atoms with Gasteiger partial charge < -0.3 is 5.73 Å². The van der Waals surface area contributed by atoms with Gasteiger partial charge in [-0.05, 0) is 16.3 Å². The summed E-state index contributed by atoms with van der Waals surface area (Å²) in [7, 11) is 0. The van der Waals surface area contributed by atoms with Crippen molar-refractivity contribution in [1.29, 1.82) is 0 Å². The van der Waals surface area contributed by atoms with Gasteiger partial charge in [0.05, 0.1) is 13.1 Å². The molecule has 4 heteroatoms. The van der Waals surface area contributed by atoms with Gasteiger partial charge in [0.1, 0.15) is 6.33 Å². The predicted octanol–water partition coefficient (Wildman–Crippen LogP) is 1.94. The molecule has 0 amide bonds. The topological polar surface area (TPSA) is 56.7 Å². The molecule has 0 unspecified atom stereocenters. The summed E-state index contributed by atoms with van der Waals surface area (Å²) in [6, 6.07) is 14.7. The molecule has 2 N–H and O–H groups in total. The van der Waals surface area contributed by atoms with E-state index in [1.807, 2.05) is 10.7 Å². The molecule has 3 aromatic rings. The zero-order chi connectivity index (χ0) is 12.4. The minimum Gasteiger partial charge on any atom is -0.324 e. The molecule has 1 aromatic heterocycles. The van der Waals surface area contributed by atoms with Crippen molar-refractivity contribution in [1.82, 2.24) is 14.8 Å². The number of aromatic nitrogens is 3. The molecule has 0 aliphatic carbocycles. The molecule has 0 aliphatic heterocycles. The number of nitrogens with zero attached hydrogens (tertiary/aromatic N) is 3. The van der Waals surface area contributed by atoms with Gasteiger partial charge in [-0.1, -0.05) is 42.5 Å². The van der Waals surface area contributed by atoms with Crippen molar-refractivity contribution >= 4 is 10.8 Å². The van der Waals surface area contributed by atoms with Crippen LogP contribution in [0.2, 0.25) is 0 Å². The second-order valence-electron chi connectivity index (χ2n) is 4.20. The predicted molar refractivity (Wildman–Crippen MR) is 71.0 cm³/mol. The zero-order valence-electron chi connectivity index (χ0n) is 9.95. The molecule has 4 nitrogen and oxygen atoms in total. The normalized spacial score (nSPS) is 10.9. The van der Waals surface area contributed by atoms with Crippen LogP contribution < -0.4 is 5.73 Å². The van der Waals surface area contributed by atoms with Crippen molar-refractivity contribution in [3.05, 3.63) is 60.2 Å². The van der Waals surface area contributed by atoms with Gasteiger partial charge in [0.2, 0.25) is 0 Å². The number of fused-ring (bicyclic) bond motifs is 1. The molecule has 0 saturated carbocycles. The Balaban J connectivity index is 1.99. The van der Waals surface area contributed by atoms with E-state index in [1.165, 1.54) is 16.3 Å². The monoisotopic (exact) mass is 238 g/mol. The highest BCUT2D eigenvalue weighted by atomic mass is 15.3. The van der Waals surface area contributed by atoms with Gasteiger partial charge >= 0.3 is 0 Å². The van der Waals surface area contributed by atoms with E-state index < -0.39 is 0 Å². The van der Waals surface area contributed by atoms with Crippen LogP contribution in [0.25, 0.3) is 10.8 Å². The Morgan fingerprint density at radius 2 is 1.89 bits per heavy atom. The molecule has 3 rings (SSSR count). The van der Waals surface area contributed by atoms with Gasteiger partial charge in [-0.2, -0.15) is 5.10 Å². The molecule has 18 heavy (non-hydrogen) atoms. The summed E-state index contributed by atoms with van der Waals surface area (Å²) in [6.07, 6.45) is 1.73. The molecule has 0 bridgehead atoms. The molecule has 0 atom stereocenters. The lowest BCUT2D eigenvalue weighted by Gasteiger charge is -2.06. The van der Waals surface area contributed by atoms with E-state index in [1.54, 1.807) is 6.33 Å². The van der Waals surface area contributed by atoms with Crippen LogP contribution in [-0.4, -0.2) is 14.8 Å². The summed E-state index contributed by atoms with van der Waals surface area (Å²) in [5, 5.41) is 6.81. The highest BCUT2D eigenvalue weighted by molar-refractivity contribution is 5.85. The maximum atomic E-state index is 5.51. The van der Waals surface area contributed by atoms with Crippen LogP contribution in [0.3, 0.4) is 0 Å². The summed E-state index contributed by atoms with van der Waals surface area (Å²) in [4.78, 5) is 4.14. The van der Waals surface area contributed by atoms with Crippen molar-refractivity contribution in [3.63, 3.8) is 0 Å². The fraction of sp³-hybridized carbons (Fsp3) is 0.143. The minimum absolute atomic E-state index is 0.378. The third-order valence-electron chi connectivity index (χ3n) is 2.98. The second-order valence-corrected chi connectivity index (χ2v) is 4.20. The zero-order valence-corrected chi connectivity index (χ0v) is 9.95. The highest BCUT2D eigenvalue weighted by Gasteiger charge is 2.03. The lowest BCUT2D eigenvalue weighted by Crippen LogP contribution is -2.04. The summed E-state index contributed by atoms with van der Waals surface area (Å²) >= 11 is 0. The third kappa shape index (κ3) is 1.98. The van der Waals surface area contributed by atoms with Crippen molar-refractivity contribution in [2.24, 2.45) is 5.73 Å². The van der Waals surface area contributed by atoms with E-state index in [0.29, 0.717) is 18.9 Å². The Labute approximate surface area is 105 Å².